The molecule has 1 aromatic heterocycles. The number of nitrogens with one attached hydrogen (secondary N) is 1. The van der Waals surface area contributed by atoms with E-state index in [-0.39, 0.29) is 11.9 Å². The molecule has 0 spiro atoms. The molecule has 0 unspecified atom stereocenters. The van der Waals surface area contributed by atoms with E-state index in [4.69, 9.17) is 0 Å². The first-order chi connectivity index (χ1) is 12.8. The van der Waals surface area contributed by atoms with Crippen LogP contribution in [0.4, 0.5) is 0 Å². The van der Waals surface area contributed by atoms with Crippen molar-refractivity contribution in [3.63, 3.8) is 0 Å². The van der Waals surface area contributed by atoms with Crippen molar-refractivity contribution >= 4 is 17.2 Å². The Morgan fingerprint density at radius 2 is 1.77 bits per heavy atom. The Hall–Kier alpha value is -2.43. The molecule has 3 nitrogen and oxygen atoms in total. The molecule has 1 atom stereocenters. The smallest absolute Gasteiger partial charge is 0.236 e. The maximum atomic E-state index is 12.8. The van der Waals surface area contributed by atoms with Gasteiger partial charge in [0.05, 0.1) is 12.6 Å². The predicted octanol–water partition coefficient (Wildman–Crippen LogP) is 4.01. The van der Waals surface area contributed by atoms with Crippen molar-refractivity contribution in [2.75, 3.05) is 13.1 Å². The van der Waals surface area contributed by atoms with E-state index in [0.29, 0.717) is 13.1 Å². The summed E-state index contributed by atoms with van der Waals surface area (Å²) in [5.74, 6) is 0.164. The van der Waals surface area contributed by atoms with Gasteiger partial charge in [-0.2, -0.15) is 0 Å². The summed E-state index contributed by atoms with van der Waals surface area (Å²) < 4.78 is 0. The molecule has 4 heteroatoms. The molecule has 3 aromatic rings. The summed E-state index contributed by atoms with van der Waals surface area (Å²) in [6, 6.07) is 23.0. The zero-order valence-electron chi connectivity index (χ0n) is 14.6. The molecule has 1 N–H and O–H groups in total. The Labute approximate surface area is 158 Å². The van der Waals surface area contributed by atoms with Gasteiger partial charge in [-0.25, -0.2) is 0 Å². The molecule has 0 saturated carbocycles. The SMILES string of the molecule is O=C(CN[C@@H](c1ccccc1)c1cccs1)N1CCc2ccccc2C1. The summed E-state index contributed by atoms with van der Waals surface area (Å²) >= 11 is 1.72. The molecule has 1 amide bonds. The van der Waals surface area contributed by atoms with Crippen LogP contribution in [0.2, 0.25) is 0 Å². The molecule has 0 radical (unpaired) electrons. The highest BCUT2D eigenvalue weighted by Crippen LogP contribution is 2.26. The lowest BCUT2D eigenvalue weighted by molar-refractivity contribution is -0.131. The quantitative estimate of drug-likeness (QED) is 0.744. The van der Waals surface area contributed by atoms with Crippen LogP contribution in [-0.2, 0) is 17.8 Å². The lowest BCUT2D eigenvalue weighted by atomic mass is 10.00. The number of fused-ring (bicyclic) bond motifs is 1. The van der Waals surface area contributed by atoms with Crippen LogP contribution >= 0.6 is 11.3 Å². The van der Waals surface area contributed by atoms with Gasteiger partial charge in [-0.15, -0.1) is 11.3 Å². The molecule has 26 heavy (non-hydrogen) atoms. The number of thiophene rings is 1. The molecule has 1 aliphatic rings. The van der Waals surface area contributed by atoms with Crippen LogP contribution in [0.5, 0.6) is 0 Å². The largest absolute Gasteiger partial charge is 0.337 e. The molecular weight excluding hydrogens is 340 g/mol. The molecule has 4 rings (SSSR count). The van der Waals surface area contributed by atoms with E-state index in [1.807, 2.05) is 29.2 Å². The second-order valence-corrected chi connectivity index (χ2v) is 7.55. The van der Waals surface area contributed by atoms with Crippen LogP contribution < -0.4 is 5.32 Å². The first kappa shape index (κ1) is 17.0. The van der Waals surface area contributed by atoms with Gasteiger partial charge in [0.25, 0.3) is 0 Å². The second-order valence-electron chi connectivity index (χ2n) is 6.57. The number of rotatable bonds is 5. The fraction of sp³-hybridized carbons (Fsp3) is 0.227. The minimum atomic E-state index is 0.0530. The topological polar surface area (TPSA) is 32.3 Å². The van der Waals surface area contributed by atoms with Crippen LogP contribution in [-0.4, -0.2) is 23.9 Å². The fourth-order valence-electron chi connectivity index (χ4n) is 3.49. The first-order valence-corrected chi connectivity index (χ1v) is 9.85. The highest BCUT2D eigenvalue weighted by Gasteiger charge is 2.22. The number of carbonyl (C=O) groups excluding carboxylic acids is 1. The van der Waals surface area contributed by atoms with E-state index >= 15 is 0 Å². The molecule has 1 aliphatic heterocycles. The van der Waals surface area contributed by atoms with Gasteiger partial charge in [0, 0.05) is 18.0 Å². The average molecular weight is 362 g/mol. The second kappa shape index (κ2) is 7.85. The van der Waals surface area contributed by atoms with Crippen LogP contribution in [0.3, 0.4) is 0 Å². The van der Waals surface area contributed by atoms with Gasteiger partial charge in [-0.3, -0.25) is 10.1 Å². The Balaban J connectivity index is 1.44. The highest BCUT2D eigenvalue weighted by atomic mass is 32.1. The van der Waals surface area contributed by atoms with Crippen LogP contribution in [0.15, 0.2) is 72.1 Å². The van der Waals surface area contributed by atoms with Crippen molar-refractivity contribution in [1.82, 2.24) is 10.2 Å². The molecule has 2 heterocycles. The third kappa shape index (κ3) is 3.71. The van der Waals surface area contributed by atoms with Crippen molar-refractivity contribution in [3.05, 3.63) is 93.7 Å². The number of hydrogen-bond acceptors (Lipinski definition) is 3. The fourth-order valence-corrected chi connectivity index (χ4v) is 4.32. The summed E-state index contributed by atoms with van der Waals surface area (Å²) in [5.41, 5.74) is 3.82. The minimum Gasteiger partial charge on any atom is -0.337 e. The van der Waals surface area contributed by atoms with E-state index in [0.717, 1.165) is 13.0 Å². The summed E-state index contributed by atoms with van der Waals surface area (Å²) in [6.07, 6.45) is 0.939. The minimum absolute atomic E-state index is 0.0530. The number of amides is 1. The summed E-state index contributed by atoms with van der Waals surface area (Å²) in [5, 5.41) is 5.56. The lowest BCUT2D eigenvalue weighted by Crippen LogP contribution is -2.42. The van der Waals surface area contributed by atoms with Gasteiger partial charge in [0.1, 0.15) is 0 Å². The predicted molar refractivity (Wildman–Crippen MR) is 106 cm³/mol. The maximum absolute atomic E-state index is 12.8. The summed E-state index contributed by atoms with van der Waals surface area (Å²) in [6.45, 7) is 1.86. The van der Waals surface area contributed by atoms with Gasteiger partial charge in [0.15, 0.2) is 0 Å². The number of carbonyl (C=O) groups is 1. The lowest BCUT2D eigenvalue weighted by Gasteiger charge is -2.29. The maximum Gasteiger partial charge on any atom is 0.236 e. The third-order valence-electron chi connectivity index (χ3n) is 4.90. The van der Waals surface area contributed by atoms with Crippen LogP contribution in [0, 0.1) is 0 Å². The Bertz CT molecular complexity index is 861. The average Bonchev–Trinajstić information content (AvgIpc) is 3.23. The van der Waals surface area contributed by atoms with Crippen molar-refractivity contribution in [1.29, 1.82) is 0 Å². The van der Waals surface area contributed by atoms with E-state index in [2.05, 4.69) is 53.2 Å². The van der Waals surface area contributed by atoms with E-state index in [1.54, 1.807) is 11.3 Å². The molecule has 132 valence electrons. The Kier molecular flexibility index (Phi) is 5.14. The van der Waals surface area contributed by atoms with Crippen molar-refractivity contribution in [2.45, 2.75) is 19.0 Å². The monoisotopic (exact) mass is 362 g/mol. The zero-order chi connectivity index (χ0) is 17.8. The third-order valence-corrected chi connectivity index (χ3v) is 5.84. The molecule has 2 aromatic carbocycles. The first-order valence-electron chi connectivity index (χ1n) is 8.97. The molecule has 0 saturated heterocycles. The highest BCUT2D eigenvalue weighted by molar-refractivity contribution is 7.10. The van der Waals surface area contributed by atoms with Crippen LogP contribution in [0.1, 0.15) is 27.6 Å². The van der Waals surface area contributed by atoms with E-state index in [1.165, 1.54) is 21.6 Å². The van der Waals surface area contributed by atoms with Crippen molar-refractivity contribution in [3.8, 4) is 0 Å². The van der Waals surface area contributed by atoms with Crippen LogP contribution in [0.25, 0.3) is 0 Å². The van der Waals surface area contributed by atoms with E-state index < -0.39 is 0 Å². The zero-order valence-corrected chi connectivity index (χ0v) is 15.4. The molecule has 0 fully saturated rings. The van der Waals surface area contributed by atoms with Gasteiger partial charge in [0.2, 0.25) is 5.91 Å². The van der Waals surface area contributed by atoms with E-state index in [9.17, 15) is 4.79 Å². The molecule has 0 aliphatic carbocycles. The summed E-state index contributed by atoms with van der Waals surface area (Å²) in [7, 11) is 0. The standard InChI is InChI=1S/C22H22N2OS/c25-21(24-13-12-17-7-4-5-10-19(17)16-24)15-23-22(20-11-6-14-26-20)18-8-2-1-3-9-18/h1-11,14,22-23H,12-13,15-16H2/t22-/m0/s1. The summed E-state index contributed by atoms with van der Waals surface area (Å²) in [4.78, 5) is 16.0. The van der Waals surface area contributed by atoms with Crippen molar-refractivity contribution < 1.29 is 4.79 Å². The Morgan fingerprint density at radius 1 is 1.00 bits per heavy atom. The van der Waals surface area contributed by atoms with Gasteiger partial charge >= 0.3 is 0 Å². The normalized spacial score (nSPS) is 14.7. The molecule has 0 bridgehead atoms. The van der Waals surface area contributed by atoms with Gasteiger partial charge < -0.3 is 4.90 Å². The number of hydrogen-bond donors (Lipinski definition) is 1. The molecular formula is C22H22N2OS. The Morgan fingerprint density at radius 3 is 2.54 bits per heavy atom. The van der Waals surface area contributed by atoms with Gasteiger partial charge in [-0.05, 0) is 34.6 Å². The number of benzene rings is 2. The van der Waals surface area contributed by atoms with Gasteiger partial charge in [-0.1, -0.05) is 60.7 Å². The number of nitrogens with zero attached hydrogens (tertiary/aromatic N) is 1. The van der Waals surface area contributed by atoms with Crippen molar-refractivity contribution in [2.24, 2.45) is 0 Å².